The van der Waals surface area contributed by atoms with Crippen LogP contribution in [0.4, 0.5) is 0 Å². The number of hydrogen-bond donors (Lipinski definition) is 1. The average Bonchev–Trinajstić information content (AvgIpc) is 2.58. The molecule has 2 fully saturated rings. The maximum absolute atomic E-state index is 11.2. The molecule has 0 bridgehead atoms. The fraction of sp³-hybridized carbons (Fsp3) is 1.00. The van der Waals surface area contributed by atoms with Crippen LogP contribution in [0.25, 0.3) is 0 Å². The number of nitrogens with one attached hydrogen (secondary N) is 1. The molecule has 0 aromatic rings. The van der Waals surface area contributed by atoms with Crippen LogP contribution in [-0.2, 0) is 15.5 Å². The maximum Gasteiger partial charge on any atom is 0.0707 e. The van der Waals surface area contributed by atoms with Gasteiger partial charge in [-0.1, -0.05) is 0 Å². The smallest absolute Gasteiger partial charge is 0.0707 e. The van der Waals surface area contributed by atoms with Gasteiger partial charge in [-0.3, -0.25) is 4.21 Å². The molecular formula is C12H23NO2S. The predicted octanol–water partition coefficient (Wildman–Crippen LogP) is 1.44. The summed E-state index contributed by atoms with van der Waals surface area (Å²) in [5, 5.41) is 3.56. The standard InChI is InChI=1S/C12H23NO2S/c1-12(2)6-3-11(15-12)9-13-10-4-7-16(14)8-5-10/h10-11,13H,3-9H2,1-2H3. The van der Waals surface area contributed by atoms with E-state index in [4.69, 9.17) is 4.74 Å². The SMILES string of the molecule is CC1(C)CCC(CNC2CCS(=O)CC2)O1. The third-order valence-electron chi connectivity index (χ3n) is 3.58. The lowest BCUT2D eigenvalue weighted by Crippen LogP contribution is -2.40. The highest BCUT2D eigenvalue weighted by Crippen LogP contribution is 2.29. The molecule has 0 saturated carbocycles. The fourth-order valence-electron chi connectivity index (χ4n) is 2.52. The van der Waals surface area contributed by atoms with E-state index in [-0.39, 0.29) is 5.60 Å². The lowest BCUT2D eigenvalue weighted by atomic mass is 10.1. The molecule has 0 aliphatic carbocycles. The van der Waals surface area contributed by atoms with Gasteiger partial charge in [0.2, 0.25) is 0 Å². The van der Waals surface area contributed by atoms with Crippen LogP contribution in [0, 0.1) is 0 Å². The van der Waals surface area contributed by atoms with Crippen LogP contribution < -0.4 is 5.32 Å². The zero-order valence-corrected chi connectivity index (χ0v) is 11.1. The second kappa shape index (κ2) is 5.15. The van der Waals surface area contributed by atoms with Gasteiger partial charge in [0.1, 0.15) is 0 Å². The van der Waals surface area contributed by atoms with E-state index in [0.29, 0.717) is 12.1 Å². The average molecular weight is 245 g/mol. The first kappa shape index (κ1) is 12.5. The minimum atomic E-state index is -0.550. The van der Waals surface area contributed by atoms with Gasteiger partial charge in [0.25, 0.3) is 0 Å². The maximum atomic E-state index is 11.2. The first-order valence-corrected chi connectivity index (χ1v) is 7.80. The summed E-state index contributed by atoms with van der Waals surface area (Å²) in [6.45, 7) is 5.29. The normalized spacial score (nSPS) is 38.8. The molecule has 0 amide bonds. The lowest BCUT2D eigenvalue weighted by Gasteiger charge is -2.25. The van der Waals surface area contributed by atoms with Crippen LogP contribution in [0.3, 0.4) is 0 Å². The number of hydrogen-bond acceptors (Lipinski definition) is 3. The van der Waals surface area contributed by atoms with Gasteiger partial charge < -0.3 is 10.1 Å². The molecular weight excluding hydrogens is 222 g/mol. The molecule has 2 rings (SSSR count). The van der Waals surface area contributed by atoms with E-state index in [1.807, 2.05) is 0 Å². The molecule has 16 heavy (non-hydrogen) atoms. The van der Waals surface area contributed by atoms with Crippen molar-refractivity contribution in [1.29, 1.82) is 0 Å². The Morgan fingerprint density at radius 1 is 1.31 bits per heavy atom. The van der Waals surface area contributed by atoms with Crippen molar-refractivity contribution in [2.45, 2.75) is 57.3 Å². The molecule has 2 aliphatic rings. The minimum absolute atomic E-state index is 0.0698. The Bertz CT molecular complexity index is 258. The van der Waals surface area contributed by atoms with Gasteiger partial charge in [0.05, 0.1) is 11.7 Å². The molecule has 1 N–H and O–H groups in total. The summed E-state index contributed by atoms with van der Waals surface area (Å²) in [5.41, 5.74) is 0.0698. The Morgan fingerprint density at radius 2 is 2.00 bits per heavy atom. The molecule has 1 atom stereocenters. The zero-order valence-electron chi connectivity index (χ0n) is 10.3. The summed E-state index contributed by atoms with van der Waals surface area (Å²) in [6, 6.07) is 0.560. The zero-order chi connectivity index (χ0) is 11.6. The number of ether oxygens (including phenoxy) is 1. The van der Waals surface area contributed by atoms with Crippen LogP contribution in [0.1, 0.15) is 39.5 Å². The van der Waals surface area contributed by atoms with Crippen LogP contribution in [0.15, 0.2) is 0 Å². The molecule has 0 aromatic carbocycles. The Morgan fingerprint density at radius 3 is 2.56 bits per heavy atom. The summed E-state index contributed by atoms with van der Waals surface area (Å²) in [7, 11) is -0.550. The van der Waals surface area contributed by atoms with E-state index in [9.17, 15) is 4.21 Å². The molecule has 2 heterocycles. The van der Waals surface area contributed by atoms with Crippen LogP contribution >= 0.6 is 0 Å². The molecule has 2 aliphatic heterocycles. The molecule has 0 aromatic heterocycles. The summed E-state index contributed by atoms with van der Waals surface area (Å²) in [6.07, 6.45) is 4.82. The predicted molar refractivity (Wildman–Crippen MR) is 67.1 cm³/mol. The van der Waals surface area contributed by atoms with Crippen LogP contribution in [-0.4, -0.2) is 40.0 Å². The third kappa shape index (κ3) is 3.54. The summed E-state index contributed by atoms with van der Waals surface area (Å²) < 4.78 is 17.2. The second-order valence-electron chi connectivity index (χ2n) is 5.57. The summed E-state index contributed by atoms with van der Waals surface area (Å²) >= 11 is 0. The van der Waals surface area contributed by atoms with E-state index >= 15 is 0 Å². The van der Waals surface area contributed by atoms with Gasteiger partial charge >= 0.3 is 0 Å². The molecule has 0 spiro atoms. The Balaban J connectivity index is 1.66. The largest absolute Gasteiger partial charge is 0.371 e. The van der Waals surface area contributed by atoms with Gasteiger partial charge in [-0.05, 0) is 39.5 Å². The van der Waals surface area contributed by atoms with Gasteiger partial charge in [-0.25, -0.2) is 0 Å². The van der Waals surface area contributed by atoms with Crippen molar-refractivity contribution in [3.8, 4) is 0 Å². The van der Waals surface area contributed by atoms with E-state index in [0.717, 1.165) is 37.3 Å². The van der Waals surface area contributed by atoms with Crippen molar-refractivity contribution < 1.29 is 8.95 Å². The first-order chi connectivity index (χ1) is 7.55. The highest BCUT2D eigenvalue weighted by molar-refractivity contribution is 7.85. The summed E-state index contributed by atoms with van der Waals surface area (Å²) in [4.78, 5) is 0. The van der Waals surface area contributed by atoms with Gasteiger partial charge in [0, 0.05) is 34.9 Å². The molecule has 94 valence electrons. The van der Waals surface area contributed by atoms with Crippen molar-refractivity contribution >= 4 is 10.8 Å². The van der Waals surface area contributed by atoms with E-state index in [1.165, 1.54) is 6.42 Å². The Kier molecular flexibility index (Phi) is 4.03. The minimum Gasteiger partial charge on any atom is -0.371 e. The van der Waals surface area contributed by atoms with E-state index in [1.54, 1.807) is 0 Å². The van der Waals surface area contributed by atoms with Gasteiger partial charge in [-0.15, -0.1) is 0 Å². The molecule has 0 radical (unpaired) electrons. The van der Waals surface area contributed by atoms with Crippen molar-refractivity contribution in [2.24, 2.45) is 0 Å². The monoisotopic (exact) mass is 245 g/mol. The van der Waals surface area contributed by atoms with Gasteiger partial charge in [0.15, 0.2) is 0 Å². The Hall–Kier alpha value is 0.0700. The summed E-state index contributed by atoms with van der Waals surface area (Å²) in [5.74, 6) is 1.74. The first-order valence-electron chi connectivity index (χ1n) is 6.31. The second-order valence-corrected chi connectivity index (χ2v) is 7.26. The topological polar surface area (TPSA) is 38.3 Å². The molecule has 2 saturated heterocycles. The Labute approximate surface area is 101 Å². The third-order valence-corrected chi connectivity index (χ3v) is 4.96. The lowest BCUT2D eigenvalue weighted by molar-refractivity contribution is -0.0152. The highest BCUT2D eigenvalue weighted by atomic mass is 32.2. The molecule has 3 nitrogen and oxygen atoms in total. The highest BCUT2D eigenvalue weighted by Gasteiger charge is 2.31. The van der Waals surface area contributed by atoms with Crippen molar-refractivity contribution in [1.82, 2.24) is 5.32 Å². The fourth-order valence-corrected chi connectivity index (χ4v) is 3.82. The quantitative estimate of drug-likeness (QED) is 0.818. The van der Waals surface area contributed by atoms with Crippen molar-refractivity contribution in [2.75, 3.05) is 18.1 Å². The van der Waals surface area contributed by atoms with Gasteiger partial charge in [-0.2, -0.15) is 0 Å². The molecule has 4 heteroatoms. The van der Waals surface area contributed by atoms with E-state index < -0.39 is 10.8 Å². The van der Waals surface area contributed by atoms with Crippen molar-refractivity contribution in [3.63, 3.8) is 0 Å². The van der Waals surface area contributed by atoms with E-state index in [2.05, 4.69) is 19.2 Å². The van der Waals surface area contributed by atoms with Crippen LogP contribution in [0.2, 0.25) is 0 Å². The van der Waals surface area contributed by atoms with Crippen molar-refractivity contribution in [3.05, 3.63) is 0 Å². The number of rotatable bonds is 3. The van der Waals surface area contributed by atoms with Crippen LogP contribution in [0.5, 0.6) is 0 Å². The molecule has 1 unspecified atom stereocenters.